The van der Waals surface area contributed by atoms with E-state index in [-0.39, 0.29) is 0 Å². The molecule has 5 nitrogen and oxygen atoms in total. The Hall–Kier alpha value is -3.08. The van der Waals surface area contributed by atoms with Crippen LogP contribution in [0, 0.1) is 13.8 Å². The molecule has 0 atom stereocenters. The summed E-state index contributed by atoms with van der Waals surface area (Å²) < 4.78 is 5.64. The van der Waals surface area contributed by atoms with Gasteiger partial charge >= 0.3 is 0 Å². The number of para-hydroxylation sites is 2. The van der Waals surface area contributed by atoms with Gasteiger partial charge < -0.3 is 15.4 Å². The molecule has 5 heteroatoms. The van der Waals surface area contributed by atoms with Crippen LogP contribution in [0.5, 0.6) is 5.75 Å². The van der Waals surface area contributed by atoms with Crippen molar-refractivity contribution in [3.05, 3.63) is 65.9 Å². The van der Waals surface area contributed by atoms with Crippen LogP contribution in [-0.2, 0) is 0 Å². The van der Waals surface area contributed by atoms with Gasteiger partial charge in [0.2, 0.25) is 5.95 Å². The van der Waals surface area contributed by atoms with Gasteiger partial charge in [0.05, 0.1) is 12.3 Å². The Morgan fingerprint density at radius 1 is 0.960 bits per heavy atom. The molecular weight excluding hydrogens is 312 g/mol. The Balaban J connectivity index is 1.80. The highest BCUT2D eigenvalue weighted by atomic mass is 16.5. The minimum Gasteiger partial charge on any atom is -0.492 e. The highest BCUT2D eigenvalue weighted by Crippen LogP contribution is 2.27. The number of hydrogen-bond donors (Lipinski definition) is 2. The summed E-state index contributed by atoms with van der Waals surface area (Å²) in [5.74, 6) is 2.05. The van der Waals surface area contributed by atoms with E-state index in [4.69, 9.17) is 4.74 Å². The average molecular weight is 334 g/mol. The molecule has 3 aromatic rings. The van der Waals surface area contributed by atoms with Gasteiger partial charge in [-0.15, -0.1) is 0 Å². The Bertz CT molecular complexity index is 864. The number of nitrogens with zero attached hydrogens (tertiary/aromatic N) is 2. The topological polar surface area (TPSA) is 59.1 Å². The lowest BCUT2D eigenvalue weighted by molar-refractivity contribution is 0.342. The third-order valence-electron chi connectivity index (χ3n) is 3.73. The van der Waals surface area contributed by atoms with Crippen LogP contribution in [0.3, 0.4) is 0 Å². The molecule has 0 fully saturated rings. The predicted octanol–water partition coefficient (Wildman–Crippen LogP) is 4.98. The van der Waals surface area contributed by atoms with Gasteiger partial charge in [0.25, 0.3) is 0 Å². The van der Waals surface area contributed by atoms with Crippen molar-refractivity contribution in [3.63, 3.8) is 0 Å². The number of benzene rings is 2. The molecule has 0 aliphatic rings. The SMILES string of the molecule is CCOc1ccccc1Nc1ccnc(Nc2ccc(C)cc2C)n1. The third kappa shape index (κ3) is 4.26. The quantitative estimate of drug-likeness (QED) is 0.666. The highest BCUT2D eigenvalue weighted by Gasteiger charge is 2.06. The molecule has 0 amide bonds. The Morgan fingerprint density at radius 2 is 1.80 bits per heavy atom. The Morgan fingerprint density at radius 3 is 2.60 bits per heavy atom. The normalized spacial score (nSPS) is 10.4. The standard InChI is InChI=1S/C20H22N4O/c1-4-25-18-8-6-5-7-17(18)22-19-11-12-21-20(24-19)23-16-10-9-14(2)13-15(16)3/h5-13H,4H2,1-3H3,(H2,21,22,23,24). The minimum absolute atomic E-state index is 0.547. The molecule has 0 unspecified atom stereocenters. The maximum atomic E-state index is 5.64. The first kappa shape index (κ1) is 16.8. The van der Waals surface area contributed by atoms with E-state index >= 15 is 0 Å². The fourth-order valence-corrected chi connectivity index (χ4v) is 2.55. The number of aryl methyl sites for hydroxylation is 2. The van der Waals surface area contributed by atoms with Crippen molar-refractivity contribution in [2.75, 3.05) is 17.2 Å². The number of ether oxygens (including phenoxy) is 1. The van der Waals surface area contributed by atoms with Crippen LogP contribution in [0.15, 0.2) is 54.7 Å². The van der Waals surface area contributed by atoms with Crippen LogP contribution in [0.2, 0.25) is 0 Å². The van der Waals surface area contributed by atoms with Gasteiger partial charge in [-0.1, -0.05) is 29.8 Å². The first-order chi connectivity index (χ1) is 12.2. The van der Waals surface area contributed by atoms with Crippen molar-refractivity contribution in [1.29, 1.82) is 0 Å². The molecule has 0 saturated heterocycles. The second-order valence-electron chi connectivity index (χ2n) is 5.76. The molecule has 0 radical (unpaired) electrons. The van der Waals surface area contributed by atoms with Crippen molar-refractivity contribution in [2.24, 2.45) is 0 Å². The minimum atomic E-state index is 0.547. The summed E-state index contributed by atoms with van der Waals surface area (Å²) in [4.78, 5) is 8.84. The van der Waals surface area contributed by atoms with E-state index in [1.165, 1.54) is 5.56 Å². The van der Waals surface area contributed by atoms with Gasteiger partial charge in [0.15, 0.2) is 0 Å². The van der Waals surface area contributed by atoms with Gasteiger partial charge in [-0.25, -0.2) is 4.98 Å². The largest absolute Gasteiger partial charge is 0.492 e. The zero-order valence-corrected chi connectivity index (χ0v) is 14.7. The van der Waals surface area contributed by atoms with Crippen molar-refractivity contribution in [3.8, 4) is 5.75 Å². The number of anilines is 4. The predicted molar refractivity (Wildman–Crippen MR) is 102 cm³/mol. The van der Waals surface area contributed by atoms with Crippen LogP contribution >= 0.6 is 0 Å². The monoisotopic (exact) mass is 334 g/mol. The van der Waals surface area contributed by atoms with Crippen molar-refractivity contribution in [2.45, 2.75) is 20.8 Å². The summed E-state index contributed by atoms with van der Waals surface area (Å²) >= 11 is 0. The fourth-order valence-electron chi connectivity index (χ4n) is 2.55. The summed E-state index contributed by atoms with van der Waals surface area (Å²) in [6.07, 6.45) is 1.73. The third-order valence-corrected chi connectivity index (χ3v) is 3.73. The summed E-state index contributed by atoms with van der Waals surface area (Å²) in [5.41, 5.74) is 4.26. The lowest BCUT2D eigenvalue weighted by Gasteiger charge is -2.13. The van der Waals surface area contributed by atoms with Gasteiger partial charge in [-0.05, 0) is 50.6 Å². The number of rotatable bonds is 6. The number of nitrogens with one attached hydrogen (secondary N) is 2. The van der Waals surface area contributed by atoms with Crippen molar-refractivity contribution in [1.82, 2.24) is 9.97 Å². The molecule has 0 aliphatic heterocycles. The molecule has 2 aromatic carbocycles. The molecule has 0 saturated carbocycles. The lowest BCUT2D eigenvalue weighted by Crippen LogP contribution is -2.02. The second-order valence-corrected chi connectivity index (χ2v) is 5.76. The first-order valence-corrected chi connectivity index (χ1v) is 8.32. The van der Waals surface area contributed by atoms with Gasteiger partial charge in [0.1, 0.15) is 11.6 Å². The van der Waals surface area contributed by atoms with Gasteiger partial charge in [0, 0.05) is 11.9 Å². The zero-order chi connectivity index (χ0) is 17.6. The molecule has 1 heterocycles. The fraction of sp³-hybridized carbons (Fsp3) is 0.200. The summed E-state index contributed by atoms with van der Waals surface area (Å²) in [6, 6.07) is 15.9. The van der Waals surface area contributed by atoms with E-state index in [0.717, 1.165) is 22.7 Å². The maximum Gasteiger partial charge on any atom is 0.229 e. The molecule has 3 rings (SSSR count). The van der Waals surface area contributed by atoms with E-state index in [1.807, 2.05) is 43.3 Å². The van der Waals surface area contributed by atoms with E-state index < -0.39 is 0 Å². The molecule has 1 aromatic heterocycles. The van der Waals surface area contributed by atoms with Crippen molar-refractivity contribution < 1.29 is 4.74 Å². The van der Waals surface area contributed by atoms with E-state index in [9.17, 15) is 0 Å². The average Bonchev–Trinajstić information content (AvgIpc) is 2.60. The molecule has 0 aliphatic carbocycles. The van der Waals surface area contributed by atoms with Gasteiger partial charge in [-0.3, -0.25) is 0 Å². The molecule has 0 bridgehead atoms. The van der Waals surface area contributed by atoms with Crippen LogP contribution < -0.4 is 15.4 Å². The lowest BCUT2D eigenvalue weighted by atomic mass is 10.1. The first-order valence-electron chi connectivity index (χ1n) is 8.32. The Labute approximate surface area is 148 Å². The van der Waals surface area contributed by atoms with E-state index in [0.29, 0.717) is 18.4 Å². The summed E-state index contributed by atoms with van der Waals surface area (Å²) in [6.45, 7) is 6.72. The van der Waals surface area contributed by atoms with Crippen LogP contribution in [-0.4, -0.2) is 16.6 Å². The van der Waals surface area contributed by atoms with Crippen LogP contribution in [0.25, 0.3) is 0 Å². The smallest absolute Gasteiger partial charge is 0.229 e. The van der Waals surface area contributed by atoms with Crippen LogP contribution in [0.4, 0.5) is 23.1 Å². The number of hydrogen-bond acceptors (Lipinski definition) is 5. The molecule has 25 heavy (non-hydrogen) atoms. The van der Waals surface area contributed by atoms with E-state index in [1.54, 1.807) is 6.20 Å². The van der Waals surface area contributed by atoms with E-state index in [2.05, 4.69) is 46.6 Å². The molecular formula is C20H22N4O. The maximum absolute atomic E-state index is 5.64. The molecule has 0 spiro atoms. The van der Waals surface area contributed by atoms with Crippen molar-refractivity contribution >= 4 is 23.1 Å². The Kier molecular flexibility index (Phi) is 5.14. The number of aromatic nitrogens is 2. The molecule has 2 N–H and O–H groups in total. The second kappa shape index (κ2) is 7.66. The highest BCUT2D eigenvalue weighted by molar-refractivity contribution is 5.65. The van der Waals surface area contributed by atoms with Crippen LogP contribution in [0.1, 0.15) is 18.1 Å². The summed E-state index contributed by atoms with van der Waals surface area (Å²) in [7, 11) is 0. The molecule has 128 valence electrons. The zero-order valence-electron chi connectivity index (χ0n) is 14.7. The summed E-state index contributed by atoms with van der Waals surface area (Å²) in [5, 5.41) is 6.56. The van der Waals surface area contributed by atoms with Gasteiger partial charge in [-0.2, -0.15) is 4.98 Å².